The van der Waals surface area contributed by atoms with E-state index in [1.165, 1.54) is 31.4 Å². The van der Waals surface area contributed by atoms with Crippen molar-refractivity contribution < 1.29 is 27.5 Å². The minimum Gasteiger partial charge on any atom is -0.497 e. The molecule has 31 heavy (non-hydrogen) atoms. The number of halogens is 1. The van der Waals surface area contributed by atoms with Gasteiger partial charge in [0.1, 0.15) is 28.4 Å². The maximum atomic E-state index is 13.4. The number of carbonyl (C=O) groups is 2. The lowest BCUT2D eigenvalue weighted by Crippen LogP contribution is -2.45. The van der Waals surface area contributed by atoms with Crippen LogP contribution in [-0.2, 0) is 19.4 Å². The number of sulfone groups is 1. The first-order valence-corrected chi connectivity index (χ1v) is 11.5. The van der Waals surface area contributed by atoms with Crippen LogP contribution in [0.1, 0.15) is 32.3 Å². The highest BCUT2D eigenvalue weighted by Gasteiger charge is 2.73. The Hall–Kier alpha value is -2.58. The van der Waals surface area contributed by atoms with E-state index in [9.17, 15) is 18.0 Å². The van der Waals surface area contributed by atoms with Gasteiger partial charge < -0.3 is 19.6 Å². The van der Waals surface area contributed by atoms with E-state index in [-0.39, 0.29) is 4.90 Å². The summed E-state index contributed by atoms with van der Waals surface area (Å²) in [6.45, 7) is 5.03. The second kappa shape index (κ2) is 8.16. The quantitative estimate of drug-likeness (QED) is 0.652. The van der Waals surface area contributed by atoms with Crippen LogP contribution in [0.5, 0.6) is 5.75 Å². The predicted molar refractivity (Wildman–Crippen MR) is 116 cm³/mol. The van der Waals surface area contributed by atoms with Gasteiger partial charge in [-0.3, -0.25) is 0 Å². The van der Waals surface area contributed by atoms with Gasteiger partial charge in [-0.2, -0.15) is 0 Å². The van der Waals surface area contributed by atoms with Crippen LogP contribution < -0.4 is 10.1 Å². The van der Waals surface area contributed by atoms with Crippen molar-refractivity contribution in [3.63, 3.8) is 0 Å². The normalized spacial score (nSPS) is 23.0. The zero-order chi connectivity index (χ0) is 23.0. The van der Waals surface area contributed by atoms with E-state index in [0.29, 0.717) is 22.6 Å². The average molecular weight is 466 g/mol. The van der Waals surface area contributed by atoms with Crippen LogP contribution in [0.15, 0.2) is 53.4 Å². The fraction of sp³-hybridized carbons (Fsp3) is 0.364. The van der Waals surface area contributed by atoms with E-state index in [1.807, 2.05) is 0 Å². The number of hydrogen-bond donors (Lipinski definition) is 1. The van der Waals surface area contributed by atoms with Gasteiger partial charge in [-0.05, 0) is 62.7 Å². The van der Waals surface area contributed by atoms with E-state index >= 15 is 0 Å². The van der Waals surface area contributed by atoms with Gasteiger partial charge in [-0.25, -0.2) is 13.2 Å². The molecule has 2 aromatic carbocycles. The highest BCUT2D eigenvalue weighted by atomic mass is 35.5. The predicted octanol–water partition coefficient (Wildman–Crippen LogP) is 3.75. The summed E-state index contributed by atoms with van der Waals surface area (Å²) in [6, 6.07) is 12.4. The summed E-state index contributed by atoms with van der Waals surface area (Å²) in [5.74, 6) is -0.220. The summed E-state index contributed by atoms with van der Waals surface area (Å²) < 4.78 is 37.3. The maximum Gasteiger partial charge on any atom is 0.408 e. The van der Waals surface area contributed by atoms with E-state index < -0.39 is 38.2 Å². The van der Waals surface area contributed by atoms with E-state index in [4.69, 9.17) is 21.1 Å². The smallest absolute Gasteiger partial charge is 0.408 e. The van der Waals surface area contributed by atoms with Crippen LogP contribution >= 0.6 is 11.6 Å². The lowest BCUT2D eigenvalue weighted by molar-refractivity contribution is -0.110. The molecule has 1 aliphatic rings. The van der Waals surface area contributed by atoms with E-state index in [1.54, 1.807) is 45.0 Å². The SMILES string of the molecule is COc1ccc([C@@H]2[C@@H](S(=O)(=O)c3ccc(Cl)cc3)[C@]2(C=O)NC(=O)OC(C)(C)C)cc1. The van der Waals surface area contributed by atoms with Crippen LogP contribution in [0.25, 0.3) is 0 Å². The van der Waals surface area contributed by atoms with Gasteiger partial charge in [0.2, 0.25) is 0 Å². The lowest BCUT2D eigenvalue weighted by Gasteiger charge is -2.22. The van der Waals surface area contributed by atoms with Crippen LogP contribution in [0.2, 0.25) is 5.02 Å². The summed E-state index contributed by atoms with van der Waals surface area (Å²) >= 11 is 5.89. The minimum absolute atomic E-state index is 0.00938. The van der Waals surface area contributed by atoms with Gasteiger partial charge >= 0.3 is 6.09 Å². The molecular formula is C22H24ClNO6S. The first kappa shape index (κ1) is 23.1. The van der Waals surface area contributed by atoms with Crippen molar-refractivity contribution in [2.75, 3.05) is 7.11 Å². The molecule has 1 fully saturated rings. The molecule has 0 aliphatic heterocycles. The highest BCUT2D eigenvalue weighted by Crippen LogP contribution is 2.56. The van der Waals surface area contributed by atoms with Crippen LogP contribution in [0.3, 0.4) is 0 Å². The number of methoxy groups -OCH3 is 1. The van der Waals surface area contributed by atoms with E-state index in [0.717, 1.165) is 0 Å². The van der Waals surface area contributed by atoms with Crippen LogP contribution in [0, 0.1) is 0 Å². The standard InChI is InChI=1S/C22H24ClNO6S/c1-21(2,3)30-20(26)24-22(13-25)18(14-5-9-16(29-4)10-6-14)19(22)31(27,28)17-11-7-15(23)8-12-17/h5-13,18-19H,1-4H3,(H,24,26)/t18-,19-,22-/m1/s1. The largest absolute Gasteiger partial charge is 0.497 e. The number of carbonyl (C=O) groups excluding carboxylic acids is 2. The number of rotatable bonds is 6. The molecule has 1 aliphatic carbocycles. The number of nitrogens with one attached hydrogen (secondary N) is 1. The average Bonchev–Trinajstić information content (AvgIpc) is 3.36. The Bertz CT molecular complexity index is 1080. The first-order chi connectivity index (χ1) is 14.4. The summed E-state index contributed by atoms with van der Waals surface area (Å²) in [6.07, 6.45) is -0.392. The molecule has 7 nitrogen and oxygen atoms in total. The van der Waals surface area contributed by atoms with Gasteiger partial charge in [-0.1, -0.05) is 23.7 Å². The Balaban J connectivity index is 2.04. The monoisotopic (exact) mass is 465 g/mol. The Morgan fingerprint density at radius 1 is 1.10 bits per heavy atom. The van der Waals surface area contributed by atoms with E-state index in [2.05, 4.69) is 5.32 Å². The molecule has 0 unspecified atom stereocenters. The fourth-order valence-electron chi connectivity index (χ4n) is 3.64. The topological polar surface area (TPSA) is 98.8 Å². The zero-order valence-electron chi connectivity index (χ0n) is 17.6. The number of ether oxygens (including phenoxy) is 2. The molecule has 0 spiro atoms. The Morgan fingerprint density at radius 2 is 1.68 bits per heavy atom. The second-order valence-electron chi connectivity index (χ2n) is 8.35. The molecular weight excluding hydrogens is 442 g/mol. The summed E-state index contributed by atoms with van der Waals surface area (Å²) in [7, 11) is -2.48. The van der Waals surface area contributed by atoms with Gasteiger partial charge in [0.25, 0.3) is 0 Å². The highest BCUT2D eigenvalue weighted by molar-refractivity contribution is 7.92. The molecule has 0 saturated heterocycles. The van der Waals surface area contributed by atoms with Gasteiger partial charge in [-0.15, -0.1) is 0 Å². The van der Waals surface area contributed by atoms with Crippen molar-refractivity contribution in [2.24, 2.45) is 0 Å². The molecule has 0 radical (unpaired) electrons. The third-order valence-corrected chi connectivity index (χ3v) is 7.55. The number of amides is 1. The third kappa shape index (κ3) is 4.55. The van der Waals surface area contributed by atoms with Gasteiger partial charge in [0.15, 0.2) is 9.84 Å². The van der Waals surface area contributed by atoms with Crippen molar-refractivity contribution in [2.45, 2.75) is 48.0 Å². The van der Waals surface area contributed by atoms with Gasteiger partial charge in [0.05, 0.1) is 12.0 Å². The fourth-order valence-corrected chi connectivity index (χ4v) is 6.01. The number of benzene rings is 2. The van der Waals surface area contributed by atoms with Gasteiger partial charge in [0, 0.05) is 10.9 Å². The first-order valence-electron chi connectivity index (χ1n) is 9.55. The minimum atomic E-state index is -4.00. The maximum absolute atomic E-state index is 13.4. The molecule has 1 N–H and O–H groups in total. The molecule has 3 rings (SSSR count). The second-order valence-corrected chi connectivity index (χ2v) is 10.9. The van der Waals surface area contributed by atoms with Crippen LogP contribution in [0.4, 0.5) is 4.79 Å². The molecule has 0 bridgehead atoms. The number of hydrogen-bond acceptors (Lipinski definition) is 6. The third-order valence-electron chi connectivity index (χ3n) is 5.04. The lowest BCUT2D eigenvalue weighted by atomic mass is 10.1. The summed E-state index contributed by atoms with van der Waals surface area (Å²) in [4.78, 5) is 24.7. The molecule has 2 aromatic rings. The molecule has 9 heteroatoms. The summed E-state index contributed by atoms with van der Waals surface area (Å²) in [5.41, 5.74) is -1.91. The number of aldehydes is 1. The van der Waals surface area contributed by atoms with Crippen molar-refractivity contribution in [1.82, 2.24) is 5.32 Å². The molecule has 1 saturated carbocycles. The Kier molecular flexibility index (Phi) is 6.08. The Labute approximate surface area is 186 Å². The van der Waals surface area contributed by atoms with Crippen molar-refractivity contribution in [1.29, 1.82) is 0 Å². The van der Waals surface area contributed by atoms with Crippen molar-refractivity contribution >= 4 is 33.8 Å². The number of alkyl carbamates (subject to hydrolysis) is 1. The molecule has 166 valence electrons. The van der Waals surface area contributed by atoms with Crippen molar-refractivity contribution in [3.05, 3.63) is 59.1 Å². The van der Waals surface area contributed by atoms with Crippen LogP contribution in [-0.4, -0.2) is 44.3 Å². The zero-order valence-corrected chi connectivity index (χ0v) is 19.2. The molecule has 1 amide bonds. The molecule has 3 atom stereocenters. The summed E-state index contributed by atoms with van der Waals surface area (Å²) in [5, 5.41) is 1.70. The molecule has 0 aromatic heterocycles. The van der Waals surface area contributed by atoms with Crippen molar-refractivity contribution in [3.8, 4) is 5.75 Å². The molecule has 0 heterocycles. The Morgan fingerprint density at radius 3 is 2.16 bits per heavy atom.